The predicted molar refractivity (Wildman–Crippen MR) is 124 cm³/mol. The van der Waals surface area contributed by atoms with Crippen LogP contribution in [-0.4, -0.2) is 60.4 Å². The smallest absolute Gasteiger partial charge is 0.325 e. The van der Waals surface area contributed by atoms with Gasteiger partial charge in [-0.1, -0.05) is 48.0 Å². The van der Waals surface area contributed by atoms with Crippen molar-refractivity contribution in [2.24, 2.45) is 23.2 Å². The zero-order valence-corrected chi connectivity index (χ0v) is 21.1. The van der Waals surface area contributed by atoms with Crippen molar-refractivity contribution < 1.29 is 23.9 Å². The van der Waals surface area contributed by atoms with Crippen molar-refractivity contribution in [3.63, 3.8) is 0 Å². The summed E-state index contributed by atoms with van der Waals surface area (Å²) in [5.41, 5.74) is -0.602. The number of ether oxygens (including phenoxy) is 1. The molecule has 0 spiro atoms. The molecular formula is C24H43N3O5. The number of hydrogen-bond acceptors (Lipinski definition) is 5. The number of likely N-dealkylation sites (N-methyl/N-ethyl adjacent to an activating group) is 1. The first kappa shape index (κ1) is 27.9. The van der Waals surface area contributed by atoms with Gasteiger partial charge in [0.25, 0.3) is 0 Å². The monoisotopic (exact) mass is 453 g/mol. The van der Waals surface area contributed by atoms with E-state index in [1.807, 2.05) is 34.6 Å². The van der Waals surface area contributed by atoms with Crippen LogP contribution in [0.25, 0.3) is 0 Å². The highest BCUT2D eigenvalue weighted by Gasteiger charge is 2.41. The van der Waals surface area contributed by atoms with Gasteiger partial charge in [-0.3, -0.25) is 14.4 Å². The number of Topliss-reactive ketones (excluding diaryl/α,β-unsaturated/α-hetero) is 1. The fourth-order valence-corrected chi connectivity index (χ4v) is 4.00. The van der Waals surface area contributed by atoms with Crippen LogP contribution in [0.4, 0.5) is 4.79 Å². The Bertz CT molecular complexity index is 667. The van der Waals surface area contributed by atoms with E-state index in [9.17, 15) is 19.2 Å². The van der Waals surface area contributed by atoms with Crippen molar-refractivity contribution in [3.8, 4) is 0 Å². The van der Waals surface area contributed by atoms with Gasteiger partial charge in [0, 0.05) is 6.54 Å². The highest BCUT2D eigenvalue weighted by molar-refractivity contribution is 5.93. The minimum Gasteiger partial charge on any atom is -0.464 e. The van der Waals surface area contributed by atoms with Crippen molar-refractivity contribution in [3.05, 3.63) is 0 Å². The lowest BCUT2D eigenvalue weighted by atomic mass is 9.81. The highest BCUT2D eigenvalue weighted by atomic mass is 16.5. The molecule has 0 saturated heterocycles. The van der Waals surface area contributed by atoms with E-state index in [2.05, 4.69) is 24.5 Å². The molecule has 0 radical (unpaired) electrons. The first-order valence-corrected chi connectivity index (χ1v) is 11.8. The maximum atomic E-state index is 13.6. The van der Waals surface area contributed by atoms with E-state index in [1.54, 1.807) is 4.90 Å². The molecule has 0 aliphatic heterocycles. The Morgan fingerprint density at radius 3 is 2.09 bits per heavy atom. The minimum absolute atomic E-state index is 0.0204. The molecule has 32 heavy (non-hydrogen) atoms. The van der Waals surface area contributed by atoms with Gasteiger partial charge in [0.1, 0.15) is 12.6 Å². The van der Waals surface area contributed by atoms with Crippen LogP contribution in [0.3, 0.4) is 0 Å². The molecule has 0 bridgehead atoms. The number of nitrogens with one attached hydrogen (secondary N) is 2. The molecule has 3 amide bonds. The highest BCUT2D eigenvalue weighted by Crippen LogP contribution is 2.29. The van der Waals surface area contributed by atoms with Gasteiger partial charge in [0.2, 0.25) is 5.91 Å². The summed E-state index contributed by atoms with van der Waals surface area (Å²) in [5, 5.41) is 5.21. The summed E-state index contributed by atoms with van der Waals surface area (Å²) in [6.07, 6.45) is 2.91. The Labute approximate surface area is 193 Å². The second-order valence-corrected chi connectivity index (χ2v) is 10.2. The predicted octanol–water partition coefficient (Wildman–Crippen LogP) is 3.14. The summed E-state index contributed by atoms with van der Waals surface area (Å²) in [6, 6.07) is -2.03. The number of hydrogen-bond donors (Lipinski definition) is 2. The van der Waals surface area contributed by atoms with Crippen molar-refractivity contribution >= 4 is 23.7 Å². The molecule has 0 aromatic heterocycles. The Kier molecular flexibility index (Phi) is 10.6. The fraction of sp³-hybridized carbons (Fsp3) is 0.833. The van der Waals surface area contributed by atoms with Crippen LogP contribution in [0.2, 0.25) is 0 Å². The van der Waals surface area contributed by atoms with E-state index in [-0.39, 0.29) is 30.1 Å². The minimum atomic E-state index is -0.864. The molecule has 8 heteroatoms. The first-order valence-electron chi connectivity index (χ1n) is 11.8. The maximum absolute atomic E-state index is 13.6. The first-order chi connectivity index (χ1) is 14.8. The molecule has 0 heterocycles. The zero-order valence-electron chi connectivity index (χ0n) is 21.1. The van der Waals surface area contributed by atoms with Crippen molar-refractivity contribution in [2.45, 2.75) is 86.7 Å². The summed E-state index contributed by atoms with van der Waals surface area (Å²) in [7, 11) is 0. The quantitative estimate of drug-likeness (QED) is 0.442. The van der Waals surface area contributed by atoms with Gasteiger partial charge in [0.15, 0.2) is 5.78 Å². The van der Waals surface area contributed by atoms with Crippen LogP contribution in [0.1, 0.15) is 74.7 Å². The van der Waals surface area contributed by atoms with Gasteiger partial charge >= 0.3 is 12.0 Å². The Balaban J connectivity index is 2.92. The third-order valence-electron chi connectivity index (χ3n) is 6.07. The number of amides is 3. The topological polar surface area (TPSA) is 105 Å². The largest absolute Gasteiger partial charge is 0.464 e. The Morgan fingerprint density at radius 1 is 1.09 bits per heavy atom. The number of ketones is 1. The number of carbonyl (C=O) groups excluding carboxylic acids is 4. The van der Waals surface area contributed by atoms with Crippen LogP contribution in [0.5, 0.6) is 0 Å². The summed E-state index contributed by atoms with van der Waals surface area (Å²) >= 11 is 0. The van der Waals surface area contributed by atoms with Crippen molar-refractivity contribution in [1.82, 2.24) is 15.5 Å². The van der Waals surface area contributed by atoms with Gasteiger partial charge in [-0.15, -0.1) is 0 Å². The van der Waals surface area contributed by atoms with Gasteiger partial charge in [-0.2, -0.15) is 0 Å². The van der Waals surface area contributed by atoms with Crippen LogP contribution in [-0.2, 0) is 19.1 Å². The summed E-state index contributed by atoms with van der Waals surface area (Å²) < 4.78 is 5.12. The molecule has 8 nitrogen and oxygen atoms in total. The molecule has 1 saturated carbocycles. The van der Waals surface area contributed by atoms with Gasteiger partial charge in [-0.05, 0) is 49.9 Å². The maximum Gasteiger partial charge on any atom is 0.325 e. The second kappa shape index (κ2) is 12.2. The lowest BCUT2D eigenvalue weighted by molar-refractivity contribution is -0.145. The molecule has 3 atom stereocenters. The number of carbonyl (C=O) groups is 4. The van der Waals surface area contributed by atoms with Crippen molar-refractivity contribution in [1.29, 1.82) is 0 Å². The summed E-state index contributed by atoms with van der Waals surface area (Å²) in [5.74, 6) is -0.168. The van der Waals surface area contributed by atoms with Crippen LogP contribution >= 0.6 is 0 Å². The van der Waals surface area contributed by atoms with Crippen LogP contribution in [0.15, 0.2) is 0 Å². The number of esters is 1. The average molecular weight is 454 g/mol. The van der Waals surface area contributed by atoms with E-state index >= 15 is 0 Å². The molecule has 0 aromatic carbocycles. The molecule has 2 N–H and O–H groups in total. The fourth-order valence-electron chi connectivity index (χ4n) is 4.00. The Morgan fingerprint density at radius 2 is 1.69 bits per heavy atom. The van der Waals surface area contributed by atoms with Gasteiger partial charge < -0.3 is 20.3 Å². The molecule has 1 rings (SSSR count). The third-order valence-corrected chi connectivity index (χ3v) is 6.07. The lowest BCUT2D eigenvalue weighted by Gasteiger charge is -2.41. The Hall–Kier alpha value is -2.12. The zero-order chi connectivity index (χ0) is 24.6. The second-order valence-electron chi connectivity index (χ2n) is 10.2. The van der Waals surface area contributed by atoms with E-state index in [1.165, 1.54) is 6.92 Å². The van der Waals surface area contributed by atoms with Crippen LogP contribution < -0.4 is 10.6 Å². The van der Waals surface area contributed by atoms with E-state index in [0.717, 1.165) is 19.3 Å². The summed E-state index contributed by atoms with van der Waals surface area (Å²) in [4.78, 5) is 52.1. The van der Waals surface area contributed by atoms with Gasteiger partial charge in [0.05, 0.1) is 12.6 Å². The molecule has 184 valence electrons. The standard InChI is InChI=1S/C24H43N3O5/c1-9-18(15(3)4)20(16(5)28)27(10-2)22(30)21(24(6,7)8)26-23(31)25-13-19(29)32-14-17-11-12-17/h15,17-18,20-21H,9-14H2,1-8H3,(H2,25,26,31)/t18-,20?,21?/m1/s1. The van der Waals surface area contributed by atoms with E-state index < -0.39 is 29.5 Å². The number of rotatable bonds is 12. The van der Waals surface area contributed by atoms with E-state index in [4.69, 9.17) is 4.74 Å². The third kappa shape index (κ3) is 8.43. The molecule has 1 aliphatic rings. The SMILES string of the molecule is CC[C@H](C(C)C)C(C(C)=O)N(CC)C(=O)C(NC(=O)NCC(=O)OCC1CC1)C(C)(C)C. The van der Waals surface area contributed by atoms with Crippen LogP contribution in [0, 0.1) is 23.2 Å². The lowest BCUT2D eigenvalue weighted by Crippen LogP contribution is -2.61. The average Bonchev–Trinajstić information content (AvgIpc) is 3.51. The van der Waals surface area contributed by atoms with Crippen molar-refractivity contribution in [2.75, 3.05) is 19.7 Å². The summed E-state index contributed by atoms with van der Waals surface area (Å²) in [6.45, 7) is 15.5. The molecule has 0 aromatic rings. The normalized spacial score (nSPS) is 16.7. The molecule has 2 unspecified atom stereocenters. The van der Waals surface area contributed by atoms with Gasteiger partial charge in [-0.25, -0.2) is 4.79 Å². The van der Waals surface area contributed by atoms with E-state index in [0.29, 0.717) is 19.1 Å². The number of nitrogens with zero attached hydrogens (tertiary/aromatic N) is 1. The molecule has 1 aliphatic carbocycles. The number of urea groups is 1. The molecule has 1 fully saturated rings. The molecular weight excluding hydrogens is 410 g/mol.